The molecule has 1 heterocycles. The van der Waals surface area contributed by atoms with Crippen molar-refractivity contribution in [3.8, 4) is 0 Å². The second-order valence-corrected chi connectivity index (χ2v) is 5.06. The topological polar surface area (TPSA) is 63.4 Å². The summed E-state index contributed by atoms with van der Waals surface area (Å²) in [5.41, 5.74) is 0. The highest BCUT2D eigenvalue weighted by Gasteiger charge is 2.27. The van der Waals surface area contributed by atoms with Crippen molar-refractivity contribution in [3.05, 3.63) is 0 Å². The third-order valence-electron chi connectivity index (χ3n) is 1.78. The van der Waals surface area contributed by atoms with Gasteiger partial charge in [0, 0.05) is 19.3 Å². The molecule has 1 aliphatic rings. The van der Waals surface area contributed by atoms with Crippen molar-refractivity contribution in [2.75, 3.05) is 19.3 Å². The third kappa shape index (κ3) is 1.68. The van der Waals surface area contributed by atoms with Crippen molar-refractivity contribution in [1.29, 1.82) is 0 Å². The molecule has 0 amide bonds. The third-order valence-corrected chi connectivity index (χ3v) is 3.38. The first-order valence-electron chi connectivity index (χ1n) is 3.18. The summed E-state index contributed by atoms with van der Waals surface area (Å²) in [5.74, 6) is 5.39. The largest absolute Gasteiger partial charge is 0.269 e. The van der Waals surface area contributed by atoms with Crippen LogP contribution in [0.2, 0.25) is 0 Å². The molecule has 1 rings (SSSR count). The zero-order valence-electron chi connectivity index (χ0n) is 5.95. The lowest BCUT2D eigenvalue weighted by molar-refractivity contribution is 0.355. The first-order valence-corrected chi connectivity index (χ1v) is 5.14. The minimum absolute atomic E-state index is 0.238. The Kier molecular flexibility index (Phi) is 1.98. The number of hydrogen-bond acceptors (Lipinski definition) is 4. The van der Waals surface area contributed by atoms with Crippen LogP contribution < -0.4 is 5.84 Å². The number of hydrazine groups is 1. The Morgan fingerprint density at radius 3 is 2.40 bits per heavy atom. The van der Waals surface area contributed by atoms with Gasteiger partial charge in [0.2, 0.25) is 0 Å². The standard InChI is InChI=1S/C5H12N2O2S/c1-10(8,9)5-2-3-7(6)4-5/h5H,2-4,6H2,1H3/t5-/m0/s1. The van der Waals surface area contributed by atoms with E-state index < -0.39 is 9.84 Å². The minimum Gasteiger partial charge on any atom is -0.269 e. The zero-order valence-corrected chi connectivity index (χ0v) is 6.76. The lowest BCUT2D eigenvalue weighted by atomic mass is 10.4. The SMILES string of the molecule is CS(=O)(=O)[C@H]1CCN(N)C1. The van der Waals surface area contributed by atoms with E-state index in [0.717, 1.165) is 0 Å². The van der Waals surface area contributed by atoms with Gasteiger partial charge in [-0.2, -0.15) is 0 Å². The van der Waals surface area contributed by atoms with Crippen molar-refractivity contribution < 1.29 is 8.42 Å². The van der Waals surface area contributed by atoms with Crippen molar-refractivity contribution >= 4 is 9.84 Å². The van der Waals surface area contributed by atoms with E-state index in [2.05, 4.69) is 0 Å². The van der Waals surface area contributed by atoms with Gasteiger partial charge in [-0.3, -0.25) is 5.84 Å². The molecule has 0 radical (unpaired) electrons. The Labute approximate surface area is 60.9 Å². The summed E-state index contributed by atoms with van der Waals surface area (Å²) < 4.78 is 21.8. The van der Waals surface area contributed by atoms with Crippen molar-refractivity contribution in [3.63, 3.8) is 0 Å². The van der Waals surface area contributed by atoms with Crippen LogP contribution in [0.5, 0.6) is 0 Å². The monoisotopic (exact) mass is 164 g/mol. The molecule has 4 nitrogen and oxygen atoms in total. The number of rotatable bonds is 1. The Hall–Kier alpha value is -0.130. The smallest absolute Gasteiger partial charge is 0.151 e. The molecular formula is C5H12N2O2S. The van der Waals surface area contributed by atoms with Gasteiger partial charge < -0.3 is 0 Å². The van der Waals surface area contributed by atoms with Crippen molar-refractivity contribution in [1.82, 2.24) is 5.01 Å². The second kappa shape index (κ2) is 2.48. The lowest BCUT2D eigenvalue weighted by Crippen LogP contribution is -2.31. The van der Waals surface area contributed by atoms with Gasteiger partial charge in [0.25, 0.3) is 0 Å². The van der Waals surface area contributed by atoms with E-state index in [1.54, 1.807) is 5.01 Å². The van der Waals surface area contributed by atoms with Gasteiger partial charge in [0.1, 0.15) is 0 Å². The fraction of sp³-hybridized carbons (Fsp3) is 1.00. The van der Waals surface area contributed by atoms with Gasteiger partial charge in [-0.05, 0) is 6.42 Å². The van der Waals surface area contributed by atoms with Crippen LogP contribution in [0.25, 0.3) is 0 Å². The maximum atomic E-state index is 10.9. The Morgan fingerprint density at radius 2 is 2.20 bits per heavy atom. The van der Waals surface area contributed by atoms with E-state index in [-0.39, 0.29) is 5.25 Å². The zero-order chi connectivity index (χ0) is 7.78. The van der Waals surface area contributed by atoms with E-state index in [1.807, 2.05) is 0 Å². The summed E-state index contributed by atoms with van der Waals surface area (Å²) in [5, 5.41) is 1.31. The molecule has 1 fully saturated rings. The van der Waals surface area contributed by atoms with Crippen LogP contribution in [0.15, 0.2) is 0 Å². The fourth-order valence-corrected chi connectivity index (χ4v) is 2.10. The van der Waals surface area contributed by atoms with Gasteiger partial charge in [-0.1, -0.05) is 0 Å². The number of hydrogen-bond donors (Lipinski definition) is 1. The molecular weight excluding hydrogens is 152 g/mol. The van der Waals surface area contributed by atoms with Crippen LogP contribution >= 0.6 is 0 Å². The molecule has 1 atom stereocenters. The summed E-state index contributed by atoms with van der Waals surface area (Å²) >= 11 is 0. The first kappa shape index (κ1) is 7.97. The second-order valence-electron chi connectivity index (χ2n) is 2.74. The van der Waals surface area contributed by atoms with E-state index in [4.69, 9.17) is 5.84 Å². The maximum absolute atomic E-state index is 10.9. The summed E-state index contributed by atoms with van der Waals surface area (Å²) in [6.07, 6.45) is 1.94. The highest BCUT2D eigenvalue weighted by molar-refractivity contribution is 7.91. The van der Waals surface area contributed by atoms with E-state index in [0.29, 0.717) is 19.5 Å². The normalized spacial score (nSPS) is 29.2. The molecule has 60 valence electrons. The summed E-state index contributed by atoms with van der Waals surface area (Å²) in [6, 6.07) is 0. The highest BCUT2D eigenvalue weighted by atomic mass is 32.2. The summed E-state index contributed by atoms with van der Waals surface area (Å²) in [4.78, 5) is 0. The molecule has 5 heteroatoms. The number of nitrogens with zero attached hydrogens (tertiary/aromatic N) is 1. The van der Waals surface area contributed by atoms with Crippen LogP contribution in [0, 0.1) is 0 Å². The fourth-order valence-electron chi connectivity index (χ4n) is 1.10. The van der Waals surface area contributed by atoms with E-state index in [1.165, 1.54) is 6.26 Å². The predicted octanol–water partition coefficient (Wildman–Crippen LogP) is -1.02. The van der Waals surface area contributed by atoms with Crippen molar-refractivity contribution in [2.24, 2.45) is 5.84 Å². The summed E-state index contributed by atoms with van der Waals surface area (Å²) in [7, 11) is -2.86. The minimum atomic E-state index is -2.86. The van der Waals surface area contributed by atoms with Gasteiger partial charge in [-0.15, -0.1) is 0 Å². The predicted molar refractivity (Wildman–Crippen MR) is 39.0 cm³/mol. The Morgan fingerprint density at radius 1 is 1.60 bits per heavy atom. The average Bonchev–Trinajstić information content (AvgIpc) is 2.11. The molecule has 0 unspecified atom stereocenters. The van der Waals surface area contributed by atoms with Crippen LogP contribution in [0.4, 0.5) is 0 Å². The number of sulfone groups is 1. The van der Waals surface area contributed by atoms with E-state index >= 15 is 0 Å². The molecule has 0 aromatic heterocycles. The molecule has 1 saturated heterocycles. The van der Waals surface area contributed by atoms with Gasteiger partial charge in [0.15, 0.2) is 9.84 Å². The molecule has 1 aliphatic heterocycles. The Balaban J connectivity index is 2.62. The van der Waals surface area contributed by atoms with Crippen molar-refractivity contribution in [2.45, 2.75) is 11.7 Å². The van der Waals surface area contributed by atoms with Crippen LogP contribution in [0.3, 0.4) is 0 Å². The average molecular weight is 164 g/mol. The maximum Gasteiger partial charge on any atom is 0.151 e. The molecule has 0 spiro atoms. The number of nitrogens with two attached hydrogens (primary N) is 1. The van der Waals surface area contributed by atoms with E-state index in [9.17, 15) is 8.42 Å². The first-order chi connectivity index (χ1) is 4.50. The summed E-state index contributed by atoms with van der Waals surface area (Å²) in [6.45, 7) is 1.18. The van der Waals surface area contributed by atoms with Crippen LogP contribution in [-0.4, -0.2) is 38.0 Å². The lowest BCUT2D eigenvalue weighted by Gasteiger charge is -2.06. The molecule has 0 bridgehead atoms. The van der Waals surface area contributed by atoms with Gasteiger partial charge in [-0.25, -0.2) is 13.4 Å². The molecule has 2 N–H and O–H groups in total. The molecule has 0 aromatic carbocycles. The Bertz CT molecular complexity index is 212. The molecule has 0 saturated carbocycles. The van der Waals surface area contributed by atoms with Gasteiger partial charge in [0.05, 0.1) is 5.25 Å². The molecule has 10 heavy (non-hydrogen) atoms. The van der Waals surface area contributed by atoms with Crippen LogP contribution in [-0.2, 0) is 9.84 Å². The molecule has 0 aliphatic carbocycles. The van der Waals surface area contributed by atoms with Gasteiger partial charge >= 0.3 is 0 Å². The highest BCUT2D eigenvalue weighted by Crippen LogP contribution is 2.12. The van der Waals surface area contributed by atoms with Crippen LogP contribution in [0.1, 0.15) is 6.42 Å². The quantitative estimate of drug-likeness (QED) is 0.504. The molecule has 0 aromatic rings.